The number of sulfonamides is 1. The number of para-hydroxylation sites is 2. The van der Waals surface area contributed by atoms with Crippen molar-refractivity contribution in [1.29, 1.82) is 0 Å². The molecule has 0 N–H and O–H groups in total. The molecule has 120 valence electrons. The van der Waals surface area contributed by atoms with E-state index in [-0.39, 0.29) is 10.9 Å². The van der Waals surface area contributed by atoms with Crippen molar-refractivity contribution in [3.63, 3.8) is 0 Å². The standard InChI is InChI=1S/C16H16N2O4S/c1-12-10-11-13-6-2-3-7-14(13)17(12)23(21,22)16-9-5-4-8-15(16)18(19)20/h2-9,12H,10-11H2,1H3. The first-order valence-electron chi connectivity index (χ1n) is 7.28. The zero-order valence-electron chi connectivity index (χ0n) is 12.5. The van der Waals surface area contributed by atoms with Gasteiger partial charge in [0.15, 0.2) is 4.90 Å². The molecule has 0 fully saturated rings. The summed E-state index contributed by atoms with van der Waals surface area (Å²) in [6, 6.07) is 12.5. The van der Waals surface area contributed by atoms with Crippen LogP contribution >= 0.6 is 0 Å². The molecule has 0 spiro atoms. The van der Waals surface area contributed by atoms with Crippen LogP contribution in [0.25, 0.3) is 0 Å². The van der Waals surface area contributed by atoms with E-state index >= 15 is 0 Å². The minimum Gasteiger partial charge on any atom is -0.263 e. The third-order valence-electron chi connectivity index (χ3n) is 4.06. The van der Waals surface area contributed by atoms with Gasteiger partial charge in [-0.25, -0.2) is 8.42 Å². The number of nitrogens with zero attached hydrogens (tertiary/aromatic N) is 2. The number of benzene rings is 2. The Hall–Kier alpha value is -2.41. The van der Waals surface area contributed by atoms with Crippen molar-refractivity contribution in [2.24, 2.45) is 0 Å². The maximum Gasteiger partial charge on any atom is 0.289 e. The van der Waals surface area contributed by atoms with Crippen LogP contribution in [0.1, 0.15) is 18.9 Å². The van der Waals surface area contributed by atoms with E-state index < -0.39 is 20.6 Å². The van der Waals surface area contributed by atoms with Crippen LogP contribution in [0, 0.1) is 10.1 Å². The van der Waals surface area contributed by atoms with E-state index in [9.17, 15) is 18.5 Å². The van der Waals surface area contributed by atoms with E-state index in [4.69, 9.17) is 0 Å². The Morgan fingerprint density at radius 3 is 2.52 bits per heavy atom. The quantitative estimate of drug-likeness (QED) is 0.639. The maximum absolute atomic E-state index is 13.1. The normalized spacial score (nSPS) is 17.6. The highest BCUT2D eigenvalue weighted by molar-refractivity contribution is 7.93. The van der Waals surface area contributed by atoms with Gasteiger partial charge < -0.3 is 0 Å². The molecule has 2 aromatic rings. The van der Waals surface area contributed by atoms with Crippen molar-refractivity contribution < 1.29 is 13.3 Å². The van der Waals surface area contributed by atoms with Gasteiger partial charge in [-0.1, -0.05) is 30.3 Å². The number of hydrogen-bond acceptors (Lipinski definition) is 4. The summed E-state index contributed by atoms with van der Waals surface area (Å²) in [5, 5.41) is 11.2. The average molecular weight is 332 g/mol. The van der Waals surface area contributed by atoms with Crippen LogP contribution in [-0.4, -0.2) is 19.4 Å². The summed E-state index contributed by atoms with van der Waals surface area (Å²) < 4.78 is 27.5. The minimum absolute atomic E-state index is 0.255. The second-order valence-corrected chi connectivity index (χ2v) is 7.33. The predicted octanol–water partition coefficient (Wildman–Crippen LogP) is 3.12. The molecule has 0 amide bonds. The number of nitro groups is 1. The maximum atomic E-state index is 13.1. The third-order valence-corrected chi connectivity index (χ3v) is 6.04. The van der Waals surface area contributed by atoms with Crippen molar-refractivity contribution in [2.45, 2.75) is 30.7 Å². The van der Waals surface area contributed by atoms with Gasteiger partial charge in [-0.2, -0.15) is 0 Å². The zero-order valence-corrected chi connectivity index (χ0v) is 13.4. The molecule has 1 unspecified atom stereocenters. The Kier molecular flexibility index (Phi) is 3.81. The van der Waals surface area contributed by atoms with Gasteiger partial charge in [0, 0.05) is 12.1 Å². The molecule has 3 rings (SSSR count). The molecular formula is C16H16N2O4S. The molecule has 6 nitrogen and oxygen atoms in total. The number of fused-ring (bicyclic) bond motifs is 1. The SMILES string of the molecule is CC1CCc2ccccc2N1S(=O)(=O)c1ccccc1[N+](=O)[O-]. The van der Waals surface area contributed by atoms with Gasteiger partial charge in [-0.15, -0.1) is 0 Å². The van der Waals surface area contributed by atoms with Crippen LogP contribution in [-0.2, 0) is 16.4 Å². The molecule has 23 heavy (non-hydrogen) atoms. The first kappa shape index (κ1) is 15.5. The molecule has 1 heterocycles. The fourth-order valence-electron chi connectivity index (χ4n) is 2.95. The van der Waals surface area contributed by atoms with E-state index in [2.05, 4.69) is 0 Å². The van der Waals surface area contributed by atoms with Crippen molar-refractivity contribution in [2.75, 3.05) is 4.31 Å². The average Bonchev–Trinajstić information content (AvgIpc) is 2.54. The molecular weight excluding hydrogens is 316 g/mol. The highest BCUT2D eigenvalue weighted by atomic mass is 32.2. The summed E-state index contributed by atoms with van der Waals surface area (Å²) in [5.41, 5.74) is 1.14. The Morgan fingerprint density at radius 1 is 1.13 bits per heavy atom. The minimum atomic E-state index is -4.01. The number of anilines is 1. The highest BCUT2D eigenvalue weighted by Gasteiger charge is 2.37. The molecule has 0 aromatic heterocycles. The lowest BCUT2D eigenvalue weighted by Gasteiger charge is -2.35. The number of nitro benzene ring substituents is 1. The largest absolute Gasteiger partial charge is 0.289 e. The van der Waals surface area contributed by atoms with Crippen LogP contribution < -0.4 is 4.31 Å². The van der Waals surface area contributed by atoms with E-state index in [0.29, 0.717) is 12.1 Å². The molecule has 1 atom stereocenters. The van der Waals surface area contributed by atoms with Crippen molar-refractivity contribution in [3.8, 4) is 0 Å². The molecule has 1 aliphatic rings. The molecule has 0 bridgehead atoms. The Bertz CT molecular complexity index is 864. The topological polar surface area (TPSA) is 80.5 Å². The summed E-state index contributed by atoms with van der Waals surface area (Å²) >= 11 is 0. The predicted molar refractivity (Wildman–Crippen MR) is 87.0 cm³/mol. The molecule has 0 saturated heterocycles. The van der Waals surface area contributed by atoms with Crippen LogP contribution in [0.2, 0.25) is 0 Å². The van der Waals surface area contributed by atoms with Crippen LogP contribution in [0.15, 0.2) is 53.4 Å². The summed E-state index contributed by atoms with van der Waals surface area (Å²) in [6.45, 7) is 1.82. The van der Waals surface area contributed by atoms with E-state index in [1.165, 1.54) is 28.6 Å². The second-order valence-electron chi connectivity index (χ2n) is 5.54. The van der Waals surface area contributed by atoms with Gasteiger partial charge in [0.2, 0.25) is 0 Å². The third kappa shape index (κ3) is 2.57. The van der Waals surface area contributed by atoms with Gasteiger partial charge in [0.25, 0.3) is 15.7 Å². The fraction of sp³-hybridized carbons (Fsp3) is 0.250. The smallest absolute Gasteiger partial charge is 0.263 e. The van der Waals surface area contributed by atoms with Crippen LogP contribution in [0.5, 0.6) is 0 Å². The first-order valence-corrected chi connectivity index (χ1v) is 8.72. The van der Waals surface area contributed by atoms with Gasteiger partial charge in [-0.05, 0) is 37.5 Å². The summed E-state index contributed by atoms with van der Waals surface area (Å²) in [5.74, 6) is 0. The molecule has 1 aliphatic heterocycles. The molecule has 7 heteroatoms. The lowest BCUT2D eigenvalue weighted by atomic mass is 9.99. The van der Waals surface area contributed by atoms with Gasteiger partial charge in [0.05, 0.1) is 10.6 Å². The number of hydrogen-bond donors (Lipinski definition) is 0. The molecule has 0 aliphatic carbocycles. The van der Waals surface area contributed by atoms with E-state index in [1.807, 2.05) is 19.1 Å². The Labute approximate surface area is 134 Å². The summed E-state index contributed by atoms with van der Waals surface area (Å²) in [4.78, 5) is 10.3. The second kappa shape index (κ2) is 5.66. The summed E-state index contributed by atoms with van der Waals surface area (Å²) in [7, 11) is -4.01. The lowest BCUT2D eigenvalue weighted by molar-refractivity contribution is -0.387. The molecule has 0 saturated carbocycles. The monoisotopic (exact) mass is 332 g/mol. The van der Waals surface area contributed by atoms with Gasteiger partial charge in [-0.3, -0.25) is 14.4 Å². The van der Waals surface area contributed by atoms with Crippen molar-refractivity contribution >= 4 is 21.4 Å². The Balaban J connectivity index is 2.20. The van der Waals surface area contributed by atoms with E-state index in [0.717, 1.165) is 12.0 Å². The molecule has 0 radical (unpaired) electrons. The number of aryl methyl sites for hydroxylation is 1. The van der Waals surface area contributed by atoms with Crippen molar-refractivity contribution in [1.82, 2.24) is 0 Å². The highest BCUT2D eigenvalue weighted by Crippen LogP contribution is 2.37. The van der Waals surface area contributed by atoms with Crippen LogP contribution in [0.3, 0.4) is 0 Å². The first-order chi connectivity index (χ1) is 10.9. The number of rotatable bonds is 3. The van der Waals surface area contributed by atoms with Gasteiger partial charge in [0.1, 0.15) is 0 Å². The lowest BCUT2D eigenvalue weighted by Crippen LogP contribution is -2.42. The van der Waals surface area contributed by atoms with E-state index in [1.54, 1.807) is 12.1 Å². The van der Waals surface area contributed by atoms with Gasteiger partial charge >= 0.3 is 0 Å². The molecule has 2 aromatic carbocycles. The zero-order chi connectivity index (χ0) is 16.6. The summed E-state index contributed by atoms with van der Waals surface area (Å²) in [6.07, 6.45) is 1.47. The Morgan fingerprint density at radius 2 is 1.78 bits per heavy atom. The fourth-order valence-corrected chi connectivity index (χ4v) is 4.84. The van der Waals surface area contributed by atoms with Crippen molar-refractivity contribution in [3.05, 3.63) is 64.2 Å². The van der Waals surface area contributed by atoms with Crippen LogP contribution in [0.4, 0.5) is 11.4 Å².